The number of hydrogen-bond acceptors (Lipinski definition) is 1. The summed E-state index contributed by atoms with van der Waals surface area (Å²) < 4.78 is 13.1. The molecule has 100 valence electrons. The zero-order valence-corrected chi connectivity index (χ0v) is 11.9. The van der Waals surface area contributed by atoms with Gasteiger partial charge in [-0.25, -0.2) is 4.39 Å². The molecule has 0 aliphatic heterocycles. The van der Waals surface area contributed by atoms with Gasteiger partial charge in [0.1, 0.15) is 5.82 Å². The van der Waals surface area contributed by atoms with Crippen molar-refractivity contribution in [3.63, 3.8) is 0 Å². The smallest absolute Gasteiger partial charge is 0.124 e. The predicted octanol–water partition coefficient (Wildman–Crippen LogP) is 4.15. The first-order valence-corrected chi connectivity index (χ1v) is 7.11. The van der Waals surface area contributed by atoms with E-state index in [1.807, 2.05) is 6.07 Å². The number of hydrogen-bond donors (Lipinski definition) is 1. The Morgan fingerprint density at radius 3 is 2.72 bits per heavy atom. The minimum Gasteiger partial charge on any atom is -0.316 e. The summed E-state index contributed by atoms with van der Waals surface area (Å²) in [6.07, 6.45) is 3.40. The third kappa shape index (κ3) is 2.70. The largest absolute Gasteiger partial charge is 0.316 e. The van der Waals surface area contributed by atoms with Gasteiger partial charge >= 0.3 is 0 Å². The fraction of sp³-hybridized carbons (Fsp3) is 0.600. The Hall–Kier alpha value is -0.600. The van der Waals surface area contributed by atoms with E-state index >= 15 is 0 Å². The Morgan fingerprint density at radius 2 is 2.17 bits per heavy atom. The molecule has 1 nitrogen and oxygen atoms in total. The van der Waals surface area contributed by atoms with E-state index in [-0.39, 0.29) is 11.2 Å². The van der Waals surface area contributed by atoms with Gasteiger partial charge in [0.25, 0.3) is 0 Å². The minimum absolute atomic E-state index is 0.110. The summed E-state index contributed by atoms with van der Waals surface area (Å²) in [5, 5.41) is 4.06. The summed E-state index contributed by atoms with van der Waals surface area (Å²) in [5.41, 5.74) is 1.21. The molecule has 0 heterocycles. The molecule has 0 aromatic heterocycles. The zero-order chi connectivity index (χ0) is 13.2. The average molecular weight is 270 g/mol. The molecule has 18 heavy (non-hydrogen) atoms. The molecule has 1 aliphatic rings. The molecular formula is C15H21ClFN. The van der Waals surface area contributed by atoms with Gasteiger partial charge in [-0.3, -0.25) is 0 Å². The highest BCUT2D eigenvalue weighted by Gasteiger charge is 2.44. The Bertz CT molecular complexity index is 413. The van der Waals surface area contributed by atoms with Crippen molar-refractivity contribution in [2.24, 2.45) is 5.92 Å². The number of nitrogens with one attached hydrogen (secondary N) is 1. The molecule has 0 bridgehead atoms. The molecule has 1 fully saturated rings. The lowest BCUT2D eigenvalue weighted by Gasteiger charge is -2.48. The van der Waals surface area contributed by atoms with Crippen molar-refractivity contribution in [2.45, 2.75) is 38.5 Å². The first kappa shape index (κ1) is 13.8. The van der Waals surface area contributed by atoms with Crippen LogP contribution in [0, 0.1) is 11.7 Å². The Kier molecular flexibility index (Phi) is 4.29. The molecule has 0 spiro atoms. The van der Waals surface area contributed by atoms with Crippen LogP contribution in [0.3, 0.4) is 0 Å². The lowest BCUT2D eigenvalue weighted by molar-refractivity contribution is 0.153. The van der Waals surface area contributed by atoms with Crippen LogP contribution in [-0.2, 0) is 5.41 Å². The molecular weight excluding hydrogens is 249 g/mol. The second-order valence-electron chi connectivity index (χ2n) is 5.59. The molecule has 1 saturated carbocycles. The summed E-state index contributed by atoms with van der Waals surface area (Å²) in [5.74, 6) is 0.474. The van der Waals surface area contributed by atoms with Crippen molar-refractivity contribution < 1.29 is 4.39 Å². The lowest BCUT2D eigenvalue weighted by Crippen LogP contribution is -2.48. The van der Waals surface area contributed by atoms with E-state index in [4.69, 9.17) is 11.6 Å². The second kappa shape index (κ2) is 5.58. The van der Waals surface area contributed by atoms with E-state index in [0.29, 0.717) is 5.02 Å². The fourth-order valence-electron chi connectivity index (χ4n) is 3.16. The summed E-state index contributed by atoms with van der Waals surface area (Å²) in [7, 11) is 0. The second-order valence-corrected chi connectivity index (χ2v) is 6.00. The van der Waals surface area contributed by atoms with E-state index in [0.717, 1.165) is 43.8 Å². The van der Waals surface area contributed by atoms with Crippen LogP contribution < -0.4 is 5.32 Å². The summed E-state index contributed by atoms with van der Waals surface area (Å²) >= 11 is 6.22. The van der Waals surface area contributed by atoms with E-state index in [2.05, 4.69) is 19.2 Å². The van der Waals surface area contributed by atoms with Crippen molar-refractivity contribution in [2.75, 3.05) is 13.1 Å². The molecule has 0 saturated heterocycles. The molecule has 1 aromatic rings. The molecule has 1 aliphatic carbocycles. The summed E-state index contributed by atoms with van der Waals surface area (Å²) in [6.45, 7) is 6.38. The lowest BCUT2D eigenvalue weighted by atomic mass is 9.59. The Morgan fingerprint density at radius 1 is 1.44 bits per heavy atom. The van der Waals surface area contributed by atoms with Crippen LogP contribution in [0.1, 0.15) is 38.7 Å². The van der Waals surface area contributed by atoms with Gasteiger partial charge in [0.05, 0.1) is 0 Å². The maximum atomic E-state index is 13.1. The highest BCUT2D eigenvalue weighted by Crippen LogP contribution is 2.49. The van der Waals surface area contributed by atoms with E-state index in [1.54, 1.807) is 0 Å². The molecule has 0 atom stereocenters. The van der Waals surface area contributed by atoms with Crippen LogP contribution in [0.2, 0.25) is 5.02 Å². The van der Waals surface area contributed by atoms with Crippen molar-refractivity contribution >= 4 is 11.6 Å². The molecule has 1 aromatic carbocycles. The third-order valence-corrected chi connectivity index (χ3v) is 4.18. The minimum atomic E-state index is -0.257. The van der Waals surface area contributed by atoms with Gasteiger partial charge in [-0.05, 0) is 49.4 Å². The molecule has 3 heteroatoms. The SMILES string of the molecule is CCCNCC1(c2ccc(F)cc2Cl)CC(C)C1. The molecule has 0 unspecified atom stereocenters. The van der Waals surface area contributed by atoms with Gasteiger partial charge < -0.3 is 5.32 Å². The maximum Gasteiger partial charge on any atom is 0.124 e. The van der Waals surface area contributed by atoms with Crippen LogP contribution >= 0.6 is 11.6 Å². The monoisotopic (exact) mass is 269 g/mol. The number of rotatable bonds is 5. The van der Waals surface area contributed by atoms with E-state index < -0.39 is 0 Å². The molecule has 1 N–H and O–H groups in total. The average Bonchev–Trinajstić information content (AvgIpc) is 2.26. The maximum absolute atomic E-state index is 13.1. The topological polar surface area (TPSA) is 12.0 Å². The van der Waals surface area contributed by atoms with Crippen molar-refractivity contribution in [1.82, 2.24) is 5.32 Å². The molecule has 0 amide bonds. The Balaban J connectivity index is 2.19. The van der Waals surface area contributed by atoms with Gasteiger partial charge in [-0.1, -0.05) is 31.5 Å². The quantitative estimate of drug-likeness (QED) is 0.792. The van der Waals surface area contributed by atoms with Gasteiger partial charge in [0.15, 0.2) is 0 Å². The fourth-order valence-corrected chi connectivity index (χ4v) is 3.53. The van der Waals surface area contributed by atoms with Crippen LogP contribution in [0.15, 0.2) is 18.2 Å². The third-order valence-electron chi connectivity index (χ3n) is 3.87. The summed E-state index contributed by atoms with van der Waals surface area (Å²) in [6, 6.07) is 4.81. The summed E-state index contributed by atoms with van der Waals surface area (Å²) in [4.78, 5) is 0. The predicted molar refractivity (Wildman–Crippen MR) is 74.6 cm³/mol. The van der Waals surface area contributed by atoms with Crippen LogP contribution in [0.4, 0.5) is 4.39 Å². The number of halogens is 2. The van der Waals surface area contributed by atoms with Crippen molar-refractivity contribution in [3.8, 4) is 0 Å². The zero-order valence-electron chi connectivity index (χ0n) is 11.1. The van der Waals surface area contributed by atoms with Crippen LogP contribution in [0.25, 0.3) is 0 Å². The van der Waals surface area contributed by atoms with Gasteiger partial charge in [-0.2, -0.15) is 0 Å². The molecule has 0 radical (unpaired) electrons. The van der Waals surface area contributed by atoms with Gasteiger partial charge in [-0.15, -0.1) is 0 Å². The normalized spacial score (nSPS) is 27.0. The standard InChI is InChI=1S/C15H21ClFN/c1-3-6-18-10-15(8-11(2)9-15)13-5-4-12(17)7-14(13)16/h4-5,7,11,18H,3,6,8-10H2,1-2H3. The van der Waals surface area contributed by atoms with Crippen LogP contribution in [-0.4, -0.2) is 13.1 Å². The highest BCUT2D eigenvalue weighted by molar-refractivity contribution is 6.31. The van der Waals surface area contributed by atoms with Gasteiger partial charge in [0.2, 0.25) is 0 Å². The van der Waals surface area contributed by atoms with Gasteiger partial charge in [0, 0.05) is 17.0 Å². The first-order valence-electron chi connectivity index (χ1n) is 6.73. The Labute approximate surface area is 114 Å². The number of benzene rings is 1. The van der Waals surface area contributed by atoms with E-state index in [1.165, 1.54) is 12.1 Å². The molecule has 2 rings (SSSR count). The van der Waals surface area contributed by atoms with E-state index in [9.17, 15) is 4.39 Å². The van der Waals surface area contributed by atoms with Crippen LogP contribution in [0.5, 0.6) is 0 Å². The first-order chi connectivity index (χ1) is 8.57. The van der Waals surface area contributed by atoms with Crippen molar-refractivity contribution in [1.29, 1.82) is 0 Å². The highest BCUT2D eigenvalue weighted by atomic mass is 35.5. The van der Waals surface area contributed by atoms with Crippen molar-refractivity contribution in [3.05, 3.63) is 34.6 Å².